The Morgan fingerprint density at radius 2 is 1.48 bits per heavy atom. The van der Waals surface area contributed by atoms with Gasteiger partial charge in [0.2, 0.25) is 5.91 Å². The van der Waals surface area contributed by atoms with Crippen molar-refractivity contribution in [3.63, 3.8) is 0 Å². The van der Waals surface area contributed by atoms with Crippen LogP contribution in [0.3, 0.4) is 0 Å². The van der Waals surface area contributed by atoms with Crippen molar-refractivity contribution in [3.05, 3.63) is 103 Å². The third kappa shape index (κ3) is 4.93. The van der Waals surface area contributed by atoms with Gasteiger partial charge in [-0.1, -0.05) is 66.7 Å². The van der Waals surface area contributed by atoms with Crippen molar-refractivity contribution in [1.82, 2.24) is 0 Å². The van der Waals surface area contributed by atoms with Crippen LogP contribution in [0.4, 0.5) is 11.4 Å². The number of fused-ring (bicyclic) bond motifs is 1. The van der Waals surface area contributed by atoms with Crippen LogP contribution in [0.25, 0.3) is 10.8 Å². The smallest absolute Gasteiger partial charge is 0.243 e. The molecule has 0 aromatic heterocycles. The van der Waals surface area contributed by atoms with E-state index in [2.05, 4.69) is 10.6 Å². The molecule has 0 spiro atoms. The van der Waals surface area contributed by atoms with Gasteiger partial charge in [-0.05, 0) is 41.3 Å². The number of rotatable bonds is 7. The summed E-state index contributed by atoms with van der Waals surface area (Å²) in [5.41, 5.74) is 2.81. The highest BCUT2D eigenvalue weighted by molar-refractivity contribution is 6.03. The fourth-order valence-electron chi connectivity index (χ4n) is 3.12. The molecule has 0 bridgehead atoms. The summed E-state index contributed by atoms with van der Waals surface area (Å²) in [5, 5.41) is 8.26. The molecule has 0 aliphatic rings. The molecule has 144 valence electrons. The Labute approximate surface area is 170 Å². The molecular formula is C25H22N2O2. The highest BCUT2D eigenvalue weighted by atomic mass is 16.5. The van der Waals surface area contributed by atoms with Crippen LogP contribution in [0.5, 0.6) is 5.75 Å². The van der Waals surface area contributed by atoms with Crippen molar-refractivity contribution < 1.29 is 9.53 Å². The zero-order valence-corrected chi connectivity index (χ0v) is 16.0. The summed E-state index contributed by atoms with van der Waals surface area (Å²) in [7, 11) is 0. The lowest BCUT2D eigenvalue weighted by Crippen LogP contribution is -2.21. The molecule has 0 unspecified atom stereocenters. The standard InChI is InChI=1S/C25H22N2O2/c28-25(27-24-12-6-10-20-9-4-5-11-23(20)24)17-26-21-13-15-22(16-14-21)29-18-19-7-2-1-3-8-19/h1-16,26H,17-18H2,(H,27,28). The van der Waals surface area contributed by atoms with Gasteiger partial charge >= 0.3 is 0 Å². The molecule has 0 heterocycles. The number of amides is 1. The third-order valence-corrected chi connectivity index (χ3v) is 4.62. The first-order valence-electron chi connectivity index (χ1n) is 9.56. The van der Waals surface area contributed by atoms with Crippen LogP contribution >= 0.6 is 0 Å². The van der Waals surface area contributed by atoms with E-state index in [4.69, 9.17) is 4.74 Å². The highest BCUT2D eigenvalue weighted by Gasteiger charge is 2.06. The number of carbonyl (C=O) groups excluding carboxylic acids is 1. The molecule has 29 heavy (non-hydrogen) atoms. The molecule has 1 amide bonds. The maximum absolute atomic E-state index is 12.4. The molecule has 0 fully saturated rings. The summed E-state index contributed by atoms with van der Waals surface area (Å²) >= 11 is 0. The molecule has 0 saturated carbocycles. The van der Waals surface area contributed by atoms with E-state index in [1.165, 1.54) is 0 Å². The summed E-state index contributed by atoms with van der Waals surface area (Å²) in [6, 6.07) is 31.5. The number of anilines is 2. The van der Waals surface area contributed by atoms with Crippen LogP contribution in [0.1, 0.15) is 5.56 Å². The van der Waals surface area contributed by atoms with Gasteiger partial charge in [-0.3, -0.25) is 4.79 Å². The number of hydrogen-bond donors (Lipinski definition) is 2. The van der Waals surface area contributed by atoms with Crippen LogP contribution in [-0.2, 0) is 11.4 Å². The van der Waals surface area contributed by atoms with Gasteiger partial charge in [0.15, 0.2) is 0 Å². The molecule has 4 aromatic rings. The zero-order chi connectivity index (χ0) is 19.9. The zero-order valence-electron chi connectivity index (χ0n) is 16.0. The van der Waals surface area contributed by atoms with E-state index >= 15 is 0 Å². The monoisotopic (exact) mass is 382 g/mol. The number of hydrogen-bond acceptors (Lipinski definition) is 3. The Bertz CT molecular complexity index is 1090. The second kappa shape index (κ2) is 8.93. The SMILES string of the molecule is O=C(CNc1ccc(OCc2ccccc2)cc1)Nc1cccc2ccccc12. The van der Waals surface area contributed by atoms with E-state index in [-0.39, 0.29) is 12.5 Å². The Morgan fingerprint density at radius 3 is 2.31 bits per heavy atom. The lowest BCUT2D eigenvalue weighted by Gasteiger charge is -2.11. The summed E-state index contributed by atoms with van der Waals surface area (Å²) in [4.78, 5) is 12.4. The fraction of sp³-hybridized carbons (Fsp3) is 0.0800. The van der Waals surface area contributed by atoms with Gasteiger partial charge in [0.25, 0.3) is 0 Å². The Hall–Kier alpha value is -3.79. The van der Waals surface area contributed by atoms with Crippen molar-refractivity contribution in [3.8, 4) is 5.75 Å². The summed E-state index contributed by atoms with van der Waals surface area (Å²) in [5.74, 6) is 0.699. The number of carbonyl (C=O) groups is 1. The average molecular weight is 382 g/mol. The van der Waals surface area contributed by atoms with Crippen LogP contribution in [0, 0.1) is 0 Å². The second-order valence-electron chi connectivity index (χ2n) is 6.73. The predicted molar refractivity (Wildman–Crippen MR) is 118 cm³/mol. The molecule has 0 aliphatic heterocycles. The molecule has 0 saturated heterocycles. The van der Waals surface area contributed by atoms with E-state index in [1.807, 2.05) is 97.1 Å². The Balaban J connectivity index is 1.30. The Kier molecular flexibility index (Phi) is 5.72. The predicted octanol–water partition coefficient (Wildman–Crippen LogP) is 5.47. The van der Waals surface area contributed by atoms with Gasteiger partial charge < -0.3 is 15.4 Å². The summed E-state index contributed by atoms with van der Waals surface area (Å²) in [6.07, 6.45) is 0. The molecule has 4 aromatic carbocycles. The highest BCUT2D eigenvalue weighted by Crippen LogP contribution is 2.23. The first-order valence-corrected chi connectivity index (χ1v) is 9.56. The van der Waals surface area contributed by atoms with Crippen LogP contribution in [0.2, 0.25) is 0 Å². The second-order valence-corrected chi connectivity index (χ2v) is 6.73. The topological polar surface area (TPSA) is 50.4 Å². The van der Waals surface area contributed by atoms with Crippen LogP contribution in [0.15, 0.2) is 97.1 Å². The fourth-order valence-corrected chi connectivity index (χ4v) is 3.12. The first-order chi connectivity index (χ1) is 14.3. The van der Waals surface area contributed by atoms with Gasteiger partial charge in [-0.15, -0.1) is 0 Å². The largest absolute Gasteiger partial charge is 0.489 e. The van der Waals surface area contributed by atoms with Crippen molar-refractivity contribution in [2.45, 2.75) is 6.61 Å². The molecule has 4 nitrogen and oxygen atoms in total. The maximum Gasteiger partial charge on any atom is 0.243 e. The van der Waals surface area contributed by atoms with Gasteiger partial charge in [0, 0.05) is 16.8 Å². The minimum atomic E-state index is -0.0919. The molecule has 2 N–H and O–H groups in total. The van der Waals surface area contributed by atoms with E-state index in [9.17, 15) is 4.79 Å². The summed E-state index contributed by atoms with van der Waals surface area (Å²) in [6.45, 7) is 0.717. The van der Waals surface area contributed by atoms with E-state index < -0.39 is 0 Å². The van der Waals surface area contributed by atoms with Crippen LogP contribution in [-0.4, -0.2) is 12.5 Å². The minimum absolute atomic E-state index is 0.0919. The molecule has 0 radical (unpaired) electrons. The average Bonchev–Trinajstić information content (AvgIpc) is 2.78. The van der Waals surface area contributed by atoms with Crippen molar-refractivity contribution in [2.24, 2.45) is 0 Å². The maximum atomic E-state index is 12.4. The number of ether oxygens (including phenoxy) is 1. The van der Waals surface area contributed by atoms with E-state index in [0.717, 1.165) is 33.5 Å². The molecule has 0 aliphatic carbocycles. The summed E-state index contributed by atoms with van der Waals surface area (Å²) < 4.78 is 5.79. The molecule has 4 heteroatoms. The number of benzene rings is 4. The number of nitrogens with one attached hydrogen (secondary N) is 2. The van der Waals surface area contributed by atoms with Crippen molar-refractivity contribution in [1.29, 1.82) is 0 Å². The van der Waals surface area contributed by atoms with Gasteiger partial charge in [0.1, 0.15) is 12.4 Å². The Morgan fingerprint density at radius 1 is 0.759 bits per heavy atom. The van der Waals surface area contributed by atoms with E-state index in [0.29, 0.717) is 6.61 Å². The quantitative estimate of drug-likeness (QED) is 0.446. The molecule has 0 atom stereocenters. The third-order valence-electron chi connectivity index (χ3n) is 4.62. The van der Waals surface area contributed by atoms with Crippen molar-refractivity contribution >= 4 is 28.1 Å². The van der Waals surface area contributed by atoms with Gasteiger partial charge in [0.05, 0.1) is 6.54 Å². The first kappa shape index (κ1) is 18.6. The molecular weight excluding hydrogens is 360 g/mol. The molecule has 4 rings (SSSR count). The van der Waals surface area contributed by atoms with Crippen molar-refractivity contribution in [2.75, 3.05) is 17.2 Å². The van der Waals surface area contributed by atoms with E-state index in [1.54, 1.807) is 0 Å². The van der Waals surface area contributed by atoms with Gasteiger partial charge in [-0.2, -0.15) is 0 Å². The normalized spacial score (nSPS) is 10.5. The van der Waals surface area contributed by atoms with Crippen LogP contribution < -0.4 is 15.4 Å². The lowest BCUT2D eigenvalue weighted by molar-refractivity contribution is -0.114. The lowest BCUT2D eigenvalue weighted by atomic mass is 10.1. The van der Waals surface area contributed by atoms with Gasteiger partial charge in [-0.25, -0.2) is 0 Å². The minimum Gasteiger partial charge on any atom is -0.489 e.